The van der Waals surface area contributed by atoms with E-state index in [4.69, 9.17) is 0 Å². The van der Waals surface area contributed by atoms with Gasteiger partial charge in [-0.2, -0.15) is 26.3 Å². The molecule has 1 N–H and O–H groups in total. The van der Waals surface area contributed by atoms with E-state index in [1.165, 1.54) is 0 Å². The quantitative estimate of drug-likeness (QED) is 0.444. The van der Waals surface area contributed by atoms with Gasteiger partial charge in [-0.1, -0.05) is 4.13 Å². The summed E-state index contributed by atoms with van der Waals surface area (Å²) in [6.07, 6.45) is 0. The Morgan fingerprint density at radius 2 is 0.875 bits per heavy atom. The first-order valence-corrected chi connectivity index (χ1v) is 5.58. The van der Waals surface area contributed by atoms with Crippen LogP contribution in [0, 0.1) is 0 Å². The van der Waals surface area contributed by atoms with Gasteiger partial charge in [0, 0.05) is 0 Å². The van der Waals surface area contributed by atoms with Crippen LogP contribution in [0.1, 0.15) is 0 Å². The third-order valence-electron chi connectivity index (χ3n) is 0.829. The number of nitrogens with one attached hydrogen (secondary N) is 1. The summed E-state index contributed by atoms with van der Waals surface area (Å²) in [5.74, 6) is 0. The topological polar surface area (TPSA) is 80.3 Å². The molecule has 0 aliphatic rings. The molecule has 0 spiro atoms. The molecule has 5 nitrogen and oxygen atoms in total. The second-order valence-corrected chi connectivity index (χ2v) is 5.59. The second-order valence-electron chi connectivity index (χ2n) is 1.98. The predicted molar refractivity (Wildman–Crippen MR) is 33.1 cm³/mol. The van der Waals surface area contributed by atoms with Gasteiger partial charge in [0.15, 0.2) is 0 Å². The van der Waals surface area contributed by atoms with Gasteiger partial charge < -0.3 is 0 Å². The smallest absolute Gasteiger partial charge is 0.202 e. The van der Waals surface area contributed by atoms with E-state index in [-0.39, 0.29) is 29.6 Å². The number of halogens is 6. The van der Waals surface area contributed by atoms with Crippen LogP contribution in [0.25, 0.3) is 0 Å². The number of hydrogen-bond donors (Lipinski definition) is 1. The van der Waals surface area contributed by atoms with E-state index in [9.17, 15) is 43.2 Å². The summed E-state index contributed by atoms with van der Waals surface area (Å²) in [6, 6.07) is 0. The van der Waals surface area contributed by atoms with Crippen LogP contribution in [0.4, 0.5) is 26.3 Å². The van der Waals surface area contributed by atoms with Crippen LogP contribution >= 0.6 is 0 Å². The minimum atomic E-state index is -6.60. The van der Waals surface area contributed by atoms with Crippen molar-refractivity contribution < 1.29 is 72.7 Å². The number of alkyl halides is 6. The van der Waals surface area contributed by atoms with Crippen molar-refractivity contribution in [2.75, 3.05) is 0 Å². The molecule has 0 saturated heterocycles. The molecule has 0 amide bonds. The molecule has 0 aliphatic carbocycles. The summed E-state index contributed by atoms with van der Waals surface area (Å²) >= 11 is 0. The van der Waals surface area contributed by atoms with Crippen molar-refractivity contribution in [3.8, 4) is 0 Å². The number of sulfonamides is 2. The summed E-state index contributed by atoms with van der Waals surface area (Å²) in [5.41, 5.74) is -12.3. The van der Waals surface area contributed by atoms with E-state index in [1.54, 1.807) is 0 Å². The van der Waals surface area contributed by atoms with Crippen LogP contribution in [0.2, 0.25) is 0 Å². The van der Waals surface area contributed by atoms with Crippen molar-refractivity contribution >= 4 is 20.0 Å². The second kappa shape index (κ2) is 4.97. The monoisotopic (exact) mass is 304 g/mol. The van der Waals surface area contributed by atoms with Gasteiger partial charge in [-0.3, -0.25) is 0 Å². The van der Waals surface area contributed by atoms with E-state index < -0.39 is 35.2 Å². The molecule has 14 heteroatoms. The molecule has 0 aliphatic heterocycles. The van der Waals surface area contributed by atoms with Crippen LogP contribution < -0.4 is 33.7 Å². The maximum atomic E-state index is 11.5. The Balaban J connectivity index is 0. The molecule has 0 aromatic carbocycles. The average Bonchev–Trinajstić information content (AvgIpc) is 1.77. The molecular weight excluding hydrogens is 303 g/mol. The summed E-state index contributed by atoms with van der Waals surface area (Å²) in [6.45, 7) is 0. The molecule has 0 bridgehead atoms. The van der Waals surface area contributed by atoms with Crippen molar-refractivity contribution in [3.05, 3.63) is 0 Å². The molecule has 0 fully saturated rings. The Hall–Kier alpha value is 0.440. The Labute approximate surface area is 108 Å². The molecule has 0 radical (unpaired) electrons. The first-order chi connectivity index (χ1) is 6.21. The number of rotatable bonds is 2. The van der Waals surface area contributed by atoms with Gasteiger partial charge in [0.05, 0.1) is 0 Å². The standard InChI is InChI=1S/C2HF6NO4S2.Na/c3-1(4,5)14(10,11)9-15(12,13)2(6,7)8;/h9H;/q;+1. The normalized spacial score (nSPS) is 14.4. The zero-order valence-electron chi connectivity index (χ0n) is 7.22. The van der Waals surface area contributed by atoms with Gasteiger partial charge in [-0.15, -0.1) is 0 Å². The van der Waals surface area contributed by atoms with E-state index in [0.29, 0.717) is 0 Å². The molecule has 0 unspecified atom stereocenters. The maximum Gasteiger partial charge on any atom is 1.00 e. The molecule has 0 aromatic heterocycles. The minimum Gasteiger partial charge on any atom is -0.202 e. The average molecular weight is 304 g/mol. The van der Waals surface area contributed by atoms with Gasteiger partial charge >= 0.3 is 60.6 Å². The van der Waals surface area contributed by atoms with E-state index in [2.05, 4.69) is 0 Å². The van der Waals surface area contributed by atoms with E-state index >= 15 is 0 Å². The molecule has 0 aromatic rings. The van der Waals surface area contributed by atoms with E-state index in [0.717, 1.165) is 0 Å². The van der Waals surface area contributed by atoms with Crippen molar-refractivity contribution in [1.82, 2.24) is 4.13 Å². The third-order valence-corrected chi connectivity index (χ3v) is 3.80. The van der Waals surface area contributed by atoms with E-state index in [1.807, 2.05) is 0 Å². The Bertz CT molecular complexity index is 390. The van der Waals surface area contributed by atoms with Crippen LogP contribution in [-0.4, -0.2) is 27.9 Å². The van der Waals surface area contributed by atoms with Gasteiger partial charge in [-0.25, -0.2) is 16.8 Å². The largest absolute Gasteiger partial charge is 1.00 e. The molecule has 92 valence electrons. The van der Waals surface area contributed by atoms with Crippen LogP contribution in [0.3, 0.4) is 0 Å². The Kier molecular flexibility index (Phi) is 5.84. The Morgan fingerprint density at radius 3 is 1.00 bits per heavy atom. The number of hydrogen-bond acceptors (Lipinski definition) is 4. The molecule has 0 heterocycles. The fourth-order valence-corrected chi connectivity index (χ4v) is 2.15. The third kappa shape index (κ3) is 4.37. The van der Waals surface area contributed by atoms with Gasteiger partial charge in [0.1, 0.15) is 0 Å². The summed E-state index contributed by atoms with van der Waals surface area (Å²) in [7, 11) is -13.2. The van der Waals surface area contributed by atoms with Crippen molar-refractivity contribution in [1.29, 1.82) is 0 Å². The van der Waals surface area contributed by atoms with Gasteiger partial charge in [0.25, 0.3) is 0 Å². The van der Waals surface area contributed by atoms with Gasteiger partial charge in [-0.05, 0) is 0 Å². The zero-order valence-corrected chi connectivity index (χ0v) is 10.9. The molecule has 0 atom stereocenters. The van der Waals surface area contributed by atoms with Crippen LogP contribution in [0.5, 0.6) is 0 Å². The van der Waals surface area contributed by atoms with Crippen LogP contribution in [-0.2, 0) is 20.0 Å². The van der Waals surface area contributed by atoms with Gasteiger partial charge in [0.2, 0.25) is 0 Å². The molecular formula is C2HF6NNaO4S2+. The summed E-state index contributed by atoms with van der Waals surface area (Å²) in [5, 5.41) is 0. The van der Waals surface area contributed by atoms with Crippen molar-refractivity contribution in [3.63, 3.8) is 0 Å². The summed E-state index contributed by atoms with van der Waals surface area (Å²) < 4.78 is 108. The fraction of sp³-hybridized carbons (Fsp3) is 1.00. The minimum absolute atomic E-state index is 0. The fourth-order valence-electron chi connectivity index (χ4n) is 0.239. The first-order valence-electron chi connectivity index (χ1n) is 2.62. The van der Waals surface area contributed by atoms with Crippen molar-refractivity contribution in [2.45, 2.75) is 11.0 Å². The maximum absolute atomic E-state index is 11.5. The summed E-state index contributed by atoms with van der Waals surface area (Å²) in [4.78, 5) is 0. The molecule has 0 rings (SSSR count). The zero-order chi connectivity index (χ0) is 12.7. The first kappa shape index (κ1) is 18.8. The molecule has 16 heavy (non-hydrogen) atoms. The molecule has 0 saturated carbocycles. The SMILES string of the molecule is O=S(=O)(NS(=O)(=O)C(F)(F)F)C(F)(F)F.[Na+]. The van der Waals surface area contributed by atoms with Crippen molar-refractivity contribution in [2.24, 2.45) is 0 Å². The predicted octanol–water partition coefficient (Wildman–Crippen LogP) is -2.72. The Morgan fingerprint density at radius 1 is 0.688 bits per heavy atom. The van der Waals surface area contributed by atoms with Crippen LogP contribution in [0.15, 0.2) is 0 Å².